The van der Waals surface area contributed by atoms with Crippen molar-refractivity contribution in [3.63, 3.8) is 0 Å². The molecule has 0 aliphatic heterocycles. The molecule has 0 aliphatic rings. The molecule has 5 nitrogen and oxygen atoms in total. The largest absolute Gasteiger partial charge is 0.343 e. The zero-order valence-electron chi connectivity index (χ0n) is 7.40. The minimum absolute atomic E-state index is 0.247. The summed E-state index contributed by atoms with van der Waals surface area (Å²) >= 11 is 0. The van der Waals surface area contributed by atoms with Crippen LogP contribution >= 0.6 is 0 Å². The first-order chi connectivity index (χ1) is 5.49. The van der Waals surface area contributed by atoms with Crippen molar-refractivity contribution in [2.24, 2.45) is 0 Å². The Balaban J connectivity index is 2.63. The lowest BCUT2D eigenvalue weighted by atomic mass is 10.1. The molecule has 1 aromatic heterocycles. The summed E-state index contributed by atoms with van der Waals surface area (Å²) in [6.07, 6.45) is 2.68. The molecule has 12 heavy (non-hydrogen) atoms. The van der Waals surface area contributed by atoms with Gasteiger partial charge in [-0.25, -0.2) is 9.78 Å². The second kappa shape index (κ2) is 2.92. The number of nitrogens with zero attached hydrogens (tertiary/aromatic N) is 3. The quantitative estimate of drug-likeness (QED) is 0.618. The third kappa shape index (κ3) is 2.34. The molecule has 1 aromatic rings. The average Bonchev–Trinajstić information content (AvgIpc) is 2.32. The van der Waals surface area contributed by atoms with E-state index < -0.39 is 0 Å². The number of hydrogen-bond donors (Lipinski definition) is 1. The highest BCUT2D eigenvalue weighted by molar-refractivity contribution is 5.75. The first-order valence-corrected chi connectivity index (χ1v) is 3.66. The molecule has 0 atom stereocenters. The smallest absolute Gasteiger partial charge is 0.332 e. The molecule has 0 saturated heterocycles. The molecule has 0 fully saturated rings. The van der Waals surface area contributed by atoms with Crippen LogP contribution in [0.3, 0.4) is 0 Å². The molecule has 0 unspecified atom stereocenters. The maximum Gasteiger partial charge on any atom is 0.343 e. The lowest BCUT2D eigenvalue weighted by Crippen LogP contribution is -2.43. The van der Waals surface area contributed by atoms with Crippen LogP contribution in [0, 0.1) is 0 Å². The van der Waals surface area contributed by atoms with E-state index in [9.17, 15) is 4.79 Å². The van der Waals surface area contributed by atoms with E-state index in [4.69, 9.17) is 0 Å². The van der Waals surface area contributed by atoms with Crippen molar-refractivity contribution in [2.75, 3.05) is 0 Å². The van der Waals surface area contributed by atoms with Crippen LogP contribution in [0.2, 0.25) is 0 Å². The summed E-state index contributed by atoms with van der Waals surface area (Å²) in [5.41, 5.74) is -0.247. The van der Waals surface area contributed by atoms with E-state index in [1.54, 1.807) is 0 Å². The molecule has 0 aromatic carbocycles. The van der Waals surface area contributed by atoms with E-state index in [-0.39, 0.29) is 11.6 Å². The maximum absolute atomic E-state index is 11.3. The number of hydrogen-bond acceptors (Lipinski definition) is 3. The fraction of sp³-hybridized carbons (Fsp3) is 0.571. The fourth-order valence-electron chi connectivity index (χ4n) is 0.691. The van der Waals surface area contributed by atoms with Crippen LogP contribution < -0.4 is 5.32 Å². The number of carbonyl (C=O) groups excluding carboxylic acids is 1. The third-order valence-corrected chi connectivity index (χ3v) is 1.11. The van der Waals surface area contributed by atoms with Crippen molar-refractivity contribution in [1.29, 1.82) is 0 Å². The van der Waals surface area contributed by atoms with Crippen molar-refractivity contribution in [1.82, 2.24) is 20.1 Å². The third-order valence-electron chi connectivity index (χ3n) is 1.11. The minimum Gasteiger partial charge on any atom is -0.332 e. The van der Waals surface area contributed by atoms with Crippen LogP contribution in [0.25, 0.3) is 0 Å². The summed E-state index contributed by atoms with van der Waals surface area (Å²) < 4.78 is 1.16. The SMILES string of the molecule is CC(C)(C)NC(=O)n1cncn1. The standard InChI is InChI=1S/C7H12N4O/c1-7(2,3)10-6(12)11-5-8-4-9-11/h4-5H,1-3H3,(H,10,12). The van der Waals surface area contributed by atoms with E-state index in [1.807, 2.05) is 20.8 Å². The molecule has 0 spiro atoms. The van der Waals surface area contributed by atoms with Gasteiger partial charge in [0, 0.05) is 5.54 Å². The highest BCUT2D eigenvalue weighted by Gasteiger charge is 2.14. The molecule has 1 rings (SSSR count). The van der Waals surface area contributed by atoms with Gasteiger partial charge in [0.2, 0.25) is 0 Å². The summed E-state index contributed by atoms with van der Waals surface area (Å²) in [5.74, 6) is 0. The lowest BCUT2D eigenvalue weighted by Gasteiger charge is -2.19. The van der Waals surface area contributed by atoms with Crippen LogP contribution in [0.15, 0.2) is 12.7 Å². The number of carbonyl (C=O) groups is 1. The summed E-state index contributed by atoms with van der Waals surface area (Å²) in [7, 11) is 0. The Bertz CT molecular complexity index is 259. The molecule has 1 amide bonds. The van der Waals surface area contributed by atoms with Gasteiger partial charge in [0.15, 0.2) is 0 Å². The van der Waals surface area contributed by atoms with E-state index >= 15 is 0 Å². The van der Waals surface area contributed by atoms with Crippen LogP contribution in [0.5, 0.6) is 0 Å². The zero-order valence-corrected chi connectivity index (χ0v) is 7.40. The van der Waals surface area contributed by atoms with Gasteiger partial charge in [-0.2, -0.15) is 9.78 Å². The first-order valence-electron chi connectivity index (χ1n) is 3.66. The van der Waals surface area contributed by atoms with E-state index in [2.05, 4.69) is 15.4 Å². The first kappa shape index (κ1) is 8.70. The predicted molar refractivity (Wildman–Crippen MR) is 43.7 cm³/mol. The van der Waals surface area contributed by atoms with Crippen LogP contribution in [-0.4, -0.2) is 26.3 Å². The maximum atomic E-state index is 11.3. The van der Waals surface area contributed by atoms with Crippen molar-refractivity contribution in [2.45, 2.75) is 26.3 Å². The molecule has 0 aliphatic carbocycles. The van der Waals surface area contributed by atoms with Gasteiger partial charge in [0.1, 0.15) is 12.7 Å². The monoisotopic (exact) mass is 168 g/mol. The fourth-order valence-corrected chi connectivity index (χ4v) is 0.691. The Morgan fingerprint density at radius 3 is 2.58 bits per heavy atom. The molecule has 66 valence electrons. The number of amides is 1. The summed E-state index contributed by atoms with van der Waals surface area (Å²) in [6.45, 7) is 5.71. The Morgan fingerprint density at radius 2 is 2.17 bits per heavy atom. The summed E-state index contributed by atoms with van der Waals surface area (Å²) in [5, 5.41) is 6.44. The second-order valence-electron chi connectivity index (χ2n) is 3.52. The highest BCUT2D eigenvalue weighted by atomic mass is 16.2. The Morgan fingerprint density at radius 1 is 1.50 bits per heavy atom. The Kier molecular flexibility index (Phi) is 2.12. The number of aromatic nitrogens is 3. The van der Waals surface area contributed by atoms with Gasteiger partial charge in [-0.15, -0.1) is 0 Å². The highest BCUT2D eigenvalue weighted by Crippen LogP contribution is 1.98. The van der Waals surface area contributed by atoms with Gasteiger partial charge >= 0.3 is 6.03 Å². The summed E-state index contributed by atoms with van der Waals surface area (Å²) in [6, 6.07) is -0.264. The van der Waals surface area contributed by atoms with Crippen LogP contribution in [0.4, 0.5) is 4.79 Å². The lowest BCUT2D eigenvalue weighted by molar-refractivity contribution is 0.230. The van der Waals surface area contributed by atoms with Gasteiger partial charge in [-0.3, -0.25) is 0 Å². The molecule has 0 bridgehead atoms. The van der Waals surface area contributed by atoms with Gasteiger partial charge in [-0.05, 0) is 20.8 Å². The normalized spacial score (nSPS) is 11.2. The van der Waals surface area contributed by atoms with Gasteiger partial charge < -0.3 is 5.32 Å². The topological polar surface area (TPSA) is 59.8 Å². The molecule has 1 N–H and O–H groups in total. The Labute approximate surface area is 70.8 Å². The number of nitrogens with one attached hydrogen (secondary N) is 1. The van der Waals surface area contributed by atoms with E-state index in [1.165, 1.54) is 12.7 Å². The molecule has 5 heteroatoms. The van der Waals surface area contributed by atoms with Crippen molar-refractivity contribution in [3.05, 3.63) is 12.7 Å². The van der Waals surface area contributed by atoms with E-state index in [0.717, 1.165) is 4.68 Å². The number of rotatable bonds is 0. The van der Waals surface area contributed by atoms with Crippen LogP contribution in [-0.2, 0) is 0 Å². The van der Waals surface area contributed by atoms with Crippen molar-refractivity contribution < 1.29 is 4.79 Å². The van der Waals surface area contributed by atoms with Gasteiger partial charge in [0.05, 0.1) is 0 Å². The average molecular weight is 168 g/mol. The predicted octanol–water partition coefficient (Wildman–Crippen LogP) is 0.634. The second-order valence-corrected chi connectivity index (χ2v) is 3.52. The molecular weight excluding hydrogens is 156 g/mol. The molecular formula is C7H12N4O. The minimum atomic E-state index is -0.264. The van der Waals surface area contributed by atoms with Crippen LogP contribution in [0.1, 0.15) is 20.8 Å². The van der Waals surface area contributed by atoms with Gasteiger partial charge in [-0.1, -0.05) is 0 Å². The van der Waals surface area contributed by atoms with Crippen molar-refractivity contribution >= 4 is 6.03 Å². The molecule has 0 radical (unpaired) electrons. The molecule has 0 saturated carbocycles. The molecule has 1 heterocycles. The van der Waals surface area contributed by atoms with Gasteiger partial charge in [0.25, 0.3) is 0 Å². The summed E-state index contributed by atoms with van der Waals surface area (Å²) in [4.78, 5) is 14.9. The Hall–Kier alpha value is -1.39. The zero-order chi connectivity index (χ0) is 9.19. The van der Waals surface area contributed by atoms with Crippen molar-refractivity contribution in [3.8, 4) is 0 Å². The van der Waals surface area contributed by atoms with E-state index in [0.29, 0.717) is 0 Å².